The molecule has 0 atom stereocenters. The molecule has 3 heteroatoms. The second-order valence-corrected chi connectivity index (χ2v) is 7.92. The molecular formula is C28H25N3. The Hall–Kier alpha value is -3.69. The predicted molar refractivity (Wildman–Crippen MR) is 129 cm³/mol. The molecule has 5 rings (SSSR count). The second kappa shape index (κ2) is 8.58. The van der Waals surface area contributed by atoms with Crippen LogP contribution in [-0.2, 0) is 13.1 Å². The van der Waals surface area contributed by atoms with Gasteiger partial charge < -0.3 is 10.3 Å². The van der Waals surface area contributed by atoms with E-state index < -0.39 is 0 Å². The zero-order chi connectivity index (χ0) is 21.0. The largest absolute Gasteiger partial charge is 0.338 e. The van der Waals surface area contributed by atoms with Gasteiger partial charge in [0, 0.05) is 18.7 Å². The number of para-hydroxylation sites is 1. The Labute approximate surface area is 182 Å². The highest BCUT2D eigenvalue weighted by molar-refractivity contribution is 5.82. The SMILES string of the molecule is Cc1cccc2[nH]c(-c3ccc(-c4ccc(CNCc5ccccc5)cc4)cc3)nc12. The van der Waals surface area contributed by atoms with Gasteiger partial charge in [-0.1, -0.05) is 91.0 Å². The van der Waals surface area contributed by atoms with Crippen molar-refractivity contribution in [3.63, 3.8) is 0 Å². The van der Waals surface area contributed by atoms with E-state index in [2.05, 4.69) is 108 Å². The molecule has 1 heterocycles. The molecule has 0 aliphatic rings. The van der Waals surface area contributed by atoms with E-state index in [9.17, 15) is 0 Å². The van der Waals surface area contributed by atoms with Crippen LogP contribution in [-0.4, -0.2) is 9.97 Å². The first-order valence-corrected chi connectivity index (χ1v) is 10.7. The Morgan fingerprint density at radius 3 is 1.94 bits per heavy atom. The number of aromatic nitrogens is 2. The van der Waals surface area contributed by atoms with Crippen molar-refractivity contribution in [2.24, 2.45) is 0 Å². The Morgan fingerprint density at radius 1 is 0.645 bits per heavy atom. The van der Waals surface area contributed by atoms with Crippen LogP contribution in [0.2, 0.25) is 0 Å². The van der Waals surface area contributed by atoms with E-state index in [-0.39, 0.29) is 0 Å². The van der Waals surface area contributed by atoms with Crippen molar-refractivity contribution < 1.29 is 0 Å². The molecule has 0 fully saturated rings. The Balaban J connectivity index is 1.26. The topological polar surface area (TPSA) is 40.7 Å². The van der Waals surface area contributed by atoms with E-state index in [0.29, 0.717) is 0 Å². The number of aryl methyl sites for hydroxylation is 1. The lowest BCUT2D eigenvalue weighted by molar-refractivity contribution is 0.693. The molecule has 0 aliphatic heterocycles. The summed E-state index contributed by atoms with van der Waals surface area (Å²) in [7, 11) is 0. The van der Waals surface area contributed by atoms with Crippen molar-refractivity contribution in [2.45, 2.75) is 20.0 Å². The molecule has 0 spiro atoms. The normalized spacial score (nSPS) is 11.1. The molecule has 0 saturated carbocycles. The summed E-state index contributed by atoms with van der Waals surface area (Å²) in [5, 5.41) is 3.51. The monoisotopic (exact) mass is 403 g/mol. The van der Waals surface area contributed by atoms with Gasteiger partial charge in [-0.25, -0.2) is 4.98 Å². The third kappa shape index (κ3) is 4.27. The minimum Gasteiger partial charge on any atom is -0.338 e. The second-order valence-electron chi connectivity index (χ2n) is 7.92. The number of rotatable bonds is 6. The van der Waals surface area contributed by atoms with Gasteiger partial charge in [-0.05, 0) is 40.8 Å². The molecule has 0 amide bonds. The molecule has 5 aromatic rings. The van der Waals surface area contributed by atoms with Gasteiger partial charge in [0.1, 0.15) is 5.82 Å². The van der Waals surface area contributed by atoms with Gasteiger partial charge in [-0.3, -0.25) is 0 Å². The Kier molecular flexibility index (Phi) is 5.34. The summed E-state index contributed by atoms with van der Waals surface area (Å²) in [5.74, 6) is 0.913. The highest BCUT2D eigenvalue weighted by atomic mass is 14.9. The summed E-state index contributed by atoms with van der Waals surface area (Å²) >= 11 is 0. The molecule has 3 nitrogen and oxygen atoms in total. The number of imidazole rings is 1. The van der Waals surface area contributed by atoms with E-state index >= 15 is 0 Å². The smallest absolute Gasteiger partial charge is 0.138 e. The fraction of sp³-hybridized carbons (Fsp3) is 0.107. The zero-order valence-electron chi connectivity index (χ0n) is 17.6. The van der Waals surface area contributed by atoms with Crippen LogP contribution >= 0.6 is 0 Å². The molecule has 0 unspecified atom stereocenters. The summed E-state index contributed by atoms with van der Waals surface area (Å²) in [5.41, 5.74) is 9.43. The van der Waals surface area contributed by atoms with E-state index in [1.165, 1.54) is 27.8 Å². The van der Waals surface area contributed by atoms with Crippen molar-refractivity contribution in [3.8, 4) is 22.5 Å². The highest BCUT2D eigenvalue weighted by Crippen LogP contribution is 2.26. The molecule has 4 aromatic carbocycles. The number of aromatic amines is 1. The maximum Gasteiger partial charge on any atom is 0.138 e. The molecule has 1 aromatic heterocycles. The minimum atomic E-state index is 0.861. The number of nitrogens with zero attached hydrogens (tertiary/aromatic N) is 1. The lowest BCUT2D eigenvalue weighted by Crippen LogP contribution is -2.12. The number of hydrogen-bond acceptors (Lipinski definition) is 2. The summed E-state index contributed by atoms with van der Waals surface area (Å²) in [6.07, 6.45) is 0. The van der Waals surface area contributed by atoms with E-state index in [0.717, 1.165) is 35.5 Å². The molecule has 31 heavy (non-hydrogen) atoms. The number of nitrogens with one attached hydrogen (secondary N) is 2. The molecule has 0 bridgehead atoms. The number of hydrogen-bond donors (Lipinski definition) is 2. The number of H-pyrrole nitrogens is 1. The van der Waals surface area contributed by atoms with Gasteiger partial charge in [0.05, 0.1) is 11.0 Å². The van der Waals surface area contributed by atoms with Crippen LogP contribution in [0.3, 0.4) is 0 Å². The molecule has 152 valence electrons. The van der Waals surface area contributed by atoms with Crippen LogP contribution in [0.4, 0.5) is 0 Å². The van der Waals surface area contributed by atoms with Crippen LogP contribution in [0.15, 0.2) is 97.1 Å². The van der Waals surface area contributed by atoms with Gasteiger partial charge >= 0.3 is 0 Å². The maximum atomic E-state index is 4.78. The summed E-state index contributed by atoms with van der Waals surface area (Å²) in [4.78, 5) is 8.22. The van der Waals surface area contributed by atoms with Crippen LogP contribution in [0, 0.1) is 6.92 Å². The third-order valence-electron chi connectivity index (χ3n) is 5.66. The molecule has 0 aliphatic carbocycles. The predicted octanol–water partition coefficient (Wildman–Crippen LogP) is 6.50. The van der Waals surface area contributed by atoms with E-state index in [4.69, 9.17) is 4.98 Å². The van der Waals surface area contributed by atoms with E-state index in [1.54, 1.807) is 0 Å². The van der Waals surface area contributed by atoms with Crippen molar-refractivity contribution >= 4 is 11.0 Å². The quantitative estimate of drug-likeness (QED) is 0.340. The van der Waals surface area contributed by atoms with Crippen LogP contribution < -0.4 is 5.32 Å². The van der Waals surface area contributed by atoms with Gasteiger partial charge in [0.25, 0.3) is 0 Å². The van der Waals surface area contributed by atoms with Crippen LogP contribution in [0.1, 0.15) is 16.7 Å². The first kappa shape index (κ1) is 19.3. The van der Waals surface area contributed by atoms with Crippen LogP contribution in [0.5, 0.6) is 0 Å². The minimum absolute atomic E-state index is 0.861. The van der Waals surface area contributed by atoms with Crippen molar-refractivity contribution in [1.82, 2.24) is 15.3 Å². The van der Waals surface area contributed by atoms with Gasteiger partial charge in [0.2, 0.25) is 0 Å². The van der Waals surface area contributed by atoms with Gasteiger partial charge in [-0.15, -0.1) is 0 Å². The summed E-state index contributed by atoms with van der Waals surface area (Å²) in [6.45, 7) is 3.84. The Bertz CT molecular complexity index is 1280. The molecule has 2 N–H and O–H groups in total. The fourth-order valence-corrected chi connectivity index (χ4v) is 3.89. The average molecular weight is 404 g/mol. The summed E-state index contributed by atoms with van der Waals surface area (Å²) in [6, 6.07) is 34.1. The maximum absolute atomic E-state index is 4.78. The molecule has 0 radical (unpaired) electrons. The lowest BCUT2D eigenvalue weighted by Gasteiger charge is -2.07. The lowest BCUT2D eigenvalue weighted by atomic mass is 10.0. The highest BCUT2D eigenvalue weighted by Gasteiger charge is 2.07. The third-order valence-corrected chi connectivity index (χ3v) is 5.66. The van der Waals surface area contributed by atoms with Gasteiger partial charge in [-0.2, -0.15) is 0 Å². The number of benzene rings is 4. The fourth-order valence-electron chi connectivity index (χ4n) is 3.89. The van der Waals surface area contributed by atoms with Gasteiger partial charge in [0.15, 0.2) is 0 Å². The first-order chi connectivity index (χ1) is 15.3. The number of fused-ring (bicyclic) bond motifs is 1. The molecular weight excluding hydrogens is 378 g/mol. The van der Waals surface area contributed by atoms with Crippen molar-refractivity contribution in [2.75, 3.05) is 0 Å². The van der Waals surface area contributed by atoms with Crippen molar-refractivity contribution in [1.29, 1.82) is 0 Å². The summed E-state index contributed by atoms with van der Waals surface area (Å²) < 4.78 is 0. The van der Waals surface area contributed by atoms with E-state index in [1.807, 2.05) is 6.07 Å². The van der Waals surface area contributed by atoms with Crippen LogP contribution in [0.25, 0.3) is 33.5 Å². The first-order valence-electron chi connectivity index (χ1n) is 10.7. The molecule has 0 saturated heterocycles. The standard InChI is InChI=1S/C28H25N3/c1-20-6-5-9-26-27(20)31-28(30-26)25-16-14-24(15-17-25)23-12-10-22(11-13-23)19-29-18-21-7-3-2-4-8-21/h2-17,29H,18-19H2,1H3,(H,30,31). The average Bonchev–Trinajstić information content (AvgIpc) is 3.26. The Morgan fingerprint density at radius 2 is 1.26 bits per heavy atom. The zero-order valence-corrected chi connectivity index (χ0v) is 17.6. The van der Waals surface area contributed by atoms with Crippen molar-refractivity contribution in [3.05, 3.63) is 114 Å².